The molecule has 1 saturated heterocycles. The minimum absolute atomic E-state index is 0.151. The molecule has 0 unspecified atom stereocenters. The van der Waals surface area contributed by atoms with E-state index in [2.05, 4.69) is 17.9 Å². The largest absolute Gasteiger partial charge is 0.303 e. The molecule has 1 rings (SSSR count). The SMILES string of the molecule is CCC1CCN(CCC(C)(C)C#N)CC1. The van der Waals surface area contributed by atoms with Crippen molar-refractivity contribution in [2.24, 2.45) is 11.3 Å². The summed E-state index contributed by atoms with van der Waals surface area (Å²) in [6, 6.07) is 2.37. The van der Waals surface area contributed by atoms with Crippen molar-refractivity contribution in [1.82, 2.24) is 4.90 Å². The molecule has 0 spiro atoms. The molecule has 0 saturated carbocycles. The highest BCUT2D eigenvalue weighted by Crippen LogP contribution is 2.23. The van der Waals surface area contributed by atoms with E-state index in [0.717, 1.165) is 18.9 Å². The summed E-state index contributed by atoms with van der Waals surface area (Å²) < 4.78 is 0. The molecule has 0 aromatic rings. The molecule has 0 aliphatic carbocycles. The predicted octanol–water partition coefficient (Wildman–Crippen LogP) is 3.05. The van der Waals surface area contributed by atoms with Gasteiger partial charge in [0.2, 0.25) is 0 Å². The first-order valence-corrected chi connectivity index (χ1v) is 6.21. The molecule has 0 aromatic carbocycles. The third-order valence-electron chi connectivity index (χ3n) is 3.64. The Balaban J connectivity index is 2.22. The van der Waals surface area contributed by atoms with Gasteiger partial charge in [-0.05, 0) is 58.7 Å². The summed E-state index contributed by atoms with van der Waals surface area (Å²) in [5.74, 6) is 0.949. The molecule has 0 bridgehead atoms. The summed E-state index contributed by atoms with van der Waals surface area (Å²) in [4.78, 5) is 2.52. The molecule has 1 aliphatic rings. The fraction of sp³-hybridized carbons (Fsp3) is 0.923. The maximum absolute atomic E-state index is 8.94. The number of piperidine rings is 1. The summed E-state index contributed by atoms with van der Waals surface area (Å²) in [7, 11) is 0. The van der Waals surface area contributed by atoms with Crippen LogP contribution in [0.4, 0.5) is 0 Å². The molecule has 0 radical (unpaired) electrons. The van der Waals surface area contributed by atoms with Crippen molar-refractivity contribution in [3.63, 3.8) is 0 Å². The van der Waals surface area contributed by atoms with Crippen molar-refractivity contribution in [2.75, 3.05) is 19.6 Å². The lowest BCUT2D eigenvalue weighted by atomic mass is 9.90. The summed E-state index contributed by atoms with van der Waals surface area (Å²) in [5, 5.41) is 8.94. The van der Waals surface area contributed by atoms with Crippen LogP contribution in [-0.4, -0.2) is 24.5 Å². The van der Waals surface area contributed by atoms with Gasteiger partial charge in [-0.2, -0.15) is 5.26 Å². The van der Waals surface area contributed by atoms with Gasteiger partial charge in [0.25, 0.3) is 0 Å². The van der Waals surface area contributed by atoms with Crippen LogP contribution in [0.15, 0.2) is 0 Å². The Morgan fingerprint density at radius 3 is 2.40 bits per heavy atom. The van der Waals surface area contributed by atoms with Crippen molar-refractivity contribution >= 4 is 0 Å². The fourth-order valence-electron chi connectivity index (χ4n) is 2.11. The fourth-order valence-corrected chi connectivity index (χ4v) is 2.11. The summed E-state index contributed by atoms with van der Waals surface area (Å²) in [6.45, 7) is 9.92. The second-order valence-electron chi connectivity index (χ2n) is 5.44. The van der Waals surface area contributed by atoms with Gasteiger partial charge in [0.15, 0.2) is 0 Å². The van der Waals surface area contributed by atoms with Gasteiger partial charge in [0.05, 0.1) is 11.5 Å². The maximum atomic E-state index is 8.94. The molecule has 0 amide bonds. The molecule has 1 aliphatic heterocycles. The molecule has 1 heterocycles. The van der Waals surface area contributed by atoms with Crippen LogP contribution >= 0.6 is 0 Å². The Kier molecular flexibility index (Phi) is 4.60. The van der Waals surface area contributed by atoms with E-state index in [9.17, 15) is 0 Å². The van der Waals surface area contributed by atoms with Crippen LogP contribution in [0.5, 0.6) is 0 Å². The Morgan fingerprint density at radius 2 is 1.93 bits per heavy atom. The van der Waals surface area contributed by atoms with E-state index in [1.165, 1.54) is 32.4 Å². The zero-order valence-electron chi connectivity index (χ0n) is 10.4. The first kappa shape index (κ1) is 12.5. The number of hydrogen-bond donors (Lipinski definition) is 0. The second kappa shape index (κ2) is 5.51. The molecule has 86 valence electrons. The molecule has 2 heteroatoms. The molecular weight excluding hydrogens is 184 g/mol. The maximum Gasteiger partial charge on any atom is 0.0684 e. The average molecular weight is 208 g/mol. The number of rotatable bonds is 4. The first-order valence-electron chi connectivity index (χ1n) is 6.21. The lowest BCUT2D eigenvalue weighted by Crippen LogP contribution is -2.35. The third kappa shape index (κ3) is 4.22. The normalized spacial score (nSPS) is 20.1. The zero-order chi connectivity index (χ0) is 11.3. The highest BCUT2D eigenvalue weighted by atomic mass is 15.1. The van der Waals surface area contributed by atoms with E-state index < -0.39 is 0 Å². The van der Waals surface area contributed by atoms with Gasteiger partial charge in [-0.15, -0.1) is 0 Å². The van der Waals surface area contributed by atoms with Gasteiger partial charge < -0.3 is 4.90 Å². The van der Waals surface area contributed by atoms with Crippen LogP contribution in [-0.2, 0) is 0 Å². The smallest absolute Gasteiger partial charge is 0.0684 e. The average Bonchev–Trinajstić information content (AvgIpc) is 2.27. The van der Waals surface area contributed by atoms with Crippen LogP contribution in [0.3, 0.4) is 0 Å². The summed E-state index contributed by atoms with van der Waals surface area (Å²) >= 11 is 0. The van der Waals surface area contributed by atoms with Crippen molar-refractivity contribution in [3.8, 4) is 6.07 Å². The number of likely N-dealkylation sites (tertiary alicyclic amines) is 1. The highest BCUT2D eigenvalue weighted by Gasteiger charge is 2.21. The van der Waals surface area contributed by atoms with Crippen LogP contribution < -0.4 is 0 Å². The number of nitriles is 1. The van der Waals surface area contributed by atoms with Gasteiger partial charge in [-0.25, -0.2) is 0 Å². The van der Waals surface area contributed by atoms with E-state index in [4.69, 9.17) is 5.26 Å². The minimum Gasteiger partial charge on any atom is -0.303 e. The Morgan fingerprint density at radius 1 is 1.33 bits per heavy atom. The number of hydrogen-bond acceptors (Lipinski definition) is 2. The summed E-state index contributed by atoms with van der Waals surface area (Å²) in [6.07, 6.45) is 5.03. The van der Waals surface area contributed by atoms with Crippen LogP contribution in [0.1, 0.15) is 46.5 Å². The first-order chi connectivity index (χ1) is 7.07. The molecule has 0 aromatic heterocycles. The highest BCUT2D eigenvalue weighted by molar-refractivity contribution is 4.92. The molecule has 0 N–H and O–H groups in total. The van der Waals surface area contributed by atoms with Crippen LogP contribution in [0.2, 0.25) is 0 Å². The summed E-state index contributed by atoms with van der Waals surface area (Å²) in [5.41, 5.74) is -0.151. The van der Waals surface area contributed by atoms with Crippen molar-refractivity contribution in [1.29, 1.82) is 5.26 Å². The lowest BCUT2D eigenvalue weighted by Gasteiger charge is -2.32. The Hall–Kier alpha value is -0.550. The van der Waals surface area contributed by atoms with Crippen molar-refractivity contribution < 1.29 is 0 Å². The van der Waals surface area contributed by atoms with Gasteiger partial charge in [0, 0.05) is 0 Å². The molecule has 2 nitrogen and oxygen atoms in total. The van der Waals surface area contributed by atoms with Crippen molar-refractivity contribution in [2.45, 2.75) is 46.5 Å². The minimum atomic E-state index is -0.151. The second-order valence-corrected chi connectivity index (χ2v) is 5.44. The molecule has 1 fully saturated rings. The van der Waals surface area contributed by atoms with Gasteiger partial charge >= 0.3 is 0 Å². The quantitative estimate of drug-likeness (QED) is 0.710. The Bertz CT molecular complexity index is 219. The van der Waals surface area contributed by atoms with E-state index in [1.54, 1.807) is 0 Å². The molecular formula is C13H24N2. The van der Waals surface area contributed by atoms with Crippen LogP contribution in [0, 0.1) is 22.7 Å². The van der Waals surface area contributed by atoms with E-state index in [1.807, 2.05) is 13.8 Å². The third-order valence-corrected chi connectivity index (χ3v) is 3.64. The topological polar surface area (TPSA) is 27.0 Å². The van der Waals surface area contributed by atoms with Gasteiger partial charge in [-0.3, -0.25) is 0 Å². The molecule has 0 atom stereocenters. The van der Waals surface area contributed by atoms with Gasteiger partial charge in [-0.1, -0.05) is 13.3 Å². The van der Waals surface area contributed by atoms with E-state index in [-0.39, 0.29) is 5.41 Å². The molecule has 15 heavy (non-hydrogen) atoms. The predicted molar refractivity (Wildman–Crippen MR) is 63.5 cm³/mol. The Labute approximate surface area is 94.3 Å². The number of nitrogens with zero attached hydrogens (tertiary/aromatic N) is 2. The van der Waals surface area contributed by atoms with Crippen molar-refractivity contribution in [3.05, 3.63) is 0 Å². The van der Waals surface area contributed by atoms with E-state index >= 15 is 0 Å². The lowest BCUT2D eigenvalue weighted by molar-refractivity contribution is 0.167. The zero-order valence-corrected chi connectivity index (χ0v) is 10.4. The van der Waals surface area contributed by atoms with E-state index in [0.29, 0.717) is 0 Å². The van der Waals surface area contributed by atoms with Gasteiger partial charge in [0.1, 0.15) is 0 Å². The standard InChI is InChI=1S/C13H24N2/c1-4-12-5-8-15(9-6-12)10-7-13(2,3)11-14/h12H,4-10H2,1-3H3. The van der Waals surface area contributed by atoms with Crippen LogP contribution in [0.25, 0.3) is 0 Å². The monoisotopic (exact) mass is 208 g/mol.